The molecule has 0 saturated carbocycles. The van der Waals surface area contributed by atoms with Crippen molar-refractivity contribution in [3.63, 3.8) is 0 Å². The smallest absolute Gasteiger partial charge is 0.435 e. The van der Waals surface area contributed by atoms with Crippen LogP contribution < -0.4 is 0 Å². The molecule has 7 heteroatoms. The summed E-state index contributed by atoms with van der Waals surface area (Å²) in [5.74, 6) is -1.20. The van der Waals surface area contributed by atoms with Crippen LogP contribution in [0.3, 0.4) is 0 Å². The number of halogens is 3. The number of carboxylic acid groups (broad SMARTS) is 1. The van der Waals surface area contributed by atoms with Crippen LogP contribution in [0, 0.1) is 6.92 Å². The average molecular weight is 236 g/mol. The average Bonchev–Trinajstić information content (AvgIpc) is 2.47. The second kappa shape index (κ2) is 4.15. The predicted molar refractivity (Wildman–Crippen MR) is 48.9 cm³/mol. The SMILES string of the molecule is CC[C@@H](C(=O)O)n1cc(C)c(C(F)(F)F)n1. The number of hydrogen-bond acceptors (Lipinski definition) is 2. The lowest BCUT2D eigenvalue weighted by Crippen LogP contribution is -2.19. The summed E-state index contributed by atoms with van der Waals surface area (Å²) in [5, 5.41) is 12.1. The first-order valence-electron chi connectivity index (χ1n) is 4.63. The second-order valence-corrected chi connectivity index (χ2v) is 3.40. The number of aliphatic carboxylic acids is 1. The summed E-state index contributed by atoms with van der Waals surface area (Å²) in [7, 11) is 0. The van der Waals surface area contributed by atoms with Crippen LogP contribution in [0.15, 0.2) is 6.20 Å². The van der Waals surface area contributed by atoms with Crippen molar-refractivity contribution < 1.29 is 23.1 Å². The minimum Gasteiger partial charge on any atom is -0.480 e. The summed E-state index contributed by atoms with van der Waals surface area (Å²) < 4.78 is 38.1. The maximum Gasteiger partial charge on any atom is 0.435 e. The van der Waals surface area contributed by atoms with Gasteiger partial charge in [-0.05, 0) is 18.9 Å². The van der Waals surface area contributed by atoms with Gasteiger partial charge in [-0.1, -0.05) is 6.92 Å². The second-order valence-electron chi connectivity index (χ2n) is 3.40. The van der Waals surface area contributed by atoms with E-state index < -0.39 is 23.9 Å². The molecule has 90 valence electrons. The Hall–Kier alpha value is -1.53. The van der Waals surface area contributed by atoms with Gasteiger partial charge in [0.1, 0.15) is 6.04 Å². The van der Waals surface area contributed by atoms with Gasteiger partial charge < -0.3 is 5.11 Å². The van der Waals surface area contributed by atoms with E-state index >= 15 is 0 Å². The fraction of sp³-hybridized carbons (Fsp3) is 0.556. The number of aryl methyl sites for hydroxylation is 1. The highest BCUT2D eigenvalue weighted by molar-refractivity contribution is 5.71. The zero-order valence-electron chi connectivity index (χ0n) is 8.75. The van der Waals surface area contributed by atoms with E-state index in [9.17, 15) is 18.0 Å². The van der Waals surface area contributed by atoms with Gasteiger partial charge in [0.15, 0.2) is 5.69 Å². The third-order valence-corrected chi connectivity index (χ3v) is 2.17. The minimum atomic E-state index is -4.55. The first kappa shape index (κ1) is 12.5. The van der Waals surface area contributed by atoms with Crippen LogP contribution in [-0.2, 0) is 11.0 Å². The third-order valence-electron chi connectivity index (χ3n) is 2.17. The van der Waals surface area contributed by atoms with Gasteiger partial charge in [0.2, 0.25) is 0 Å². The van der Waals surface area contributed by atoms with E-state index in [2.05, 4.69) is 5.10 Å². The maximum atomic E-state index is 12.4. The van der Waals surface area contributed by atoms with Crippen molar-refractivity contribution in [1.82, 2.24) is 9.78 Å². The van der Waals surface area contributed by atoms with Gasteiger partial charge in [0, 0.05) is 6.20 Å². The van der Waals surface area contributed by atoms with Crippen molar-refractivity contribution in [3.8, 4) is 0 Å². The molecule has 1 heterocycles. The standard InChI is InChI=1S/C9H11F3N2O2/c1-3-6(8(15)16)14-4-5(2)7(13-14)9(10,11)12/h4,6H,3H2,1-2H3,(H,15,16)/t6-/m0/s1. The normalized spacial score (nSPS) is 13.8. The molecule has 0 bridgehead atoms. The molecule has 0 radical (unpaired) electrons. The number of carbonyl (C=O) groups is 1. The number of alkyl halides is 3. The zero-order chi connectivity index (χ0) is 12.5. The lowest BCUT2D eigenvalue weighted by molar-refractivity contribution is -0.145. The molecule has 0 aliphatic rings. The van der Waals surface area contributed by atoms with Gasteiger partial charge in [-0.25, -0.2) is 4.79 Å². The lowest BCUT2D eigenvalue weighted by atomic mass is 10.2. The van der Waals surface area contributed by atoms with Crippen molar-refractivity contribution in [2.24, 2.45) is 0 Å². The van der Waals surface area contributed by atoms with Crippen LogP contribution >= 0.6 is 0 Å². The van der Waals surface area contributed by atoms with Crippen molar-refractivity contribution in [1.29, 1.82) is 0 Å². The molecule has 1 aromatic heterocycles. The zero-order valence-corrected chi connectivity index (χ0v) is 8.75. The fourth-order valence-electron chi connectivity index (χ4n) is 1.40. The molecule has 1 N–H and O–H groups in total. The molecule has 16 heavy (non-hydrogen) atoms. The van der Waals surface area contributed by atoms with E-state index in [-0.39, 0.29) is 12.0 Å². The summed E-state index contributed by atoms with van der Waals surface area (Å²) in [6, 6.07) is -1.06. The lowest BCUT2D eigenvalue weighted by Gasteiger charge is -2.09. The van der Waals surface area contributed by atoms with Crippen molar-refractivity contribution in [3.05, 3.63) is 17.5 Å². The van der Waals surface area contributed by atoms with Crippen molar-refractivity contribution in [2.75, 3.05) is 0 Å². The predicted octanol–water partition coefficient (Wildman–Crippen LogP) is 2.25. The molecule has 0 saturated heterocycles. The molecular weight excluding hydrogens is 225 g/mol. The summed E-state index contributed by atoms with van der Waals surface area (Å²) in [6.07, 6.45) is -3.27. The Morgan fingerprint density at radius 2 is 2.19 bits per heavy atom. The van der Waals surface area contributed by atoms with Crippen LogP contribution in [-0.4, -0.2) is 20.9 Å². The molecular formula is C9H11F3N2O2. The fourth-order valence-corrected chi connectivity index (χ4v) is 1.40. The highest BCUT2D eigenvalue weighted by Gasteiger charge is 2.36. The monoisotopic (exact) mass is 236 g/mol. The Morgan fingerprint density at radius 3 is 2.50 bits per heavy atom. The molecule has 0 fully saturated rings. The quantitative estimate of drug-likeness (QED) is 0.875. The van der Waals surface area contributed by atoms with E-state index in [4.69, 9.17) is 5.11 Å². The van der Waals surface area contributed by atoms with E-state index in [0.29, 0.717) is 0 Å². The van der Waals surface area contributed by atoms with Crippen molar-refractivity contribution in [2.45, 2.75) is 32.5 Å². The van der Waals surface area contributed by atoms with E-state index in [1.54, 1.807) is 6.92 Å². The van der Waals surface area contributed by atoms with Gasteiger partial charge in [-0.3, -0.25) is 4.68 Å². The molecule has 0 spiro atoms. The number of carboxylic acids is 1. The number of aromatic nitrogens is 2. The molecule has 0 aromatic carbocycles. The summed E-state index contributed by atoms with van der Waals surface area (Å²) in [5.41, 5.74) is -1.11. The van der Waals surface area contributed by atoms with Gasteiger partial charge in [0.05, 0.1) is 0 Å². The topological polar surface area (TPSA) is 55.1 Å². The van der Waals surface area contributed by atoms with E-state index in [1.165, 1.54) is 6.92 Å². The largest absolute Gasteiger partial charge is 0.480 e. The van der Waals surface area contributed by atoms with Gasteiger partial charge in [-0.15, -0.1) is 0 Å². The molecule has 0 unspecified atom stereocenters. The molecule has 1 rings (SSSR count). The van der Waals surface area contributed by atoms with Crippen LogP contribution in [0.2, 0.25) is 0 Å². The molecule has 1 atom stereocenters. The Labute approximate surface area is 89.7 Å². The first-order valence-corrected chi connectivity index (χ1v) is 4.63. The number of rotatable bonds is 3. The summed E-state index contributed by atoms with van der Waals surface area (Å²) in [6.45, 7) is 2.82. The molecule has 0 amide bonds. The van der Waals surface area contributed by atoms with Crippen molar-refractivity contribution >= 4 is 5.97 Å². The van der Waals surface area contributed by atoms with Gasteiger partial charge in [-0.2, -0.15) is 18.3 Å². The third kappa shape index (κ3) is 2.34. The van der Waals surface area contributed by atoms with Crippen LogP contribution in [0.4, 0.5) is 13.2 Å². The van der Waals surface area contributed by atoms with E-state index in [1.807, 2.05) is 0 Å². The molecule has 0 aliphatic carbocycles. The highest BCUT2D eigenvalue weighted by atomic mass is 19.4. The first-order chi connectivity index (χ1) is 7.27. The Balaban J connectivity index is 3.14. The Kier molecular flexibility index (Phi) is 3.25. The maximum absolute atomic E-state index is 12.4. The van der Waals surface area contributed by atoms with Crippen LogP contribution in [0.5, 0.6) is 0 Å². The molecule has 0 aliphatic heterocycles. The number of nitrogens with zero attached hydrogens (tertiary/aromatic N) is 2. The Bertz CT molecular complexity index is 398. The molecule has 1 aromatic rings. The molecule has 4 nitrogen and oxygen atoms in total. The summed E-state index contributed by atoms with van der Waals surface area (Å²) in [4.78, 5) is 10.8. The summed E-state index contributed by atoms with van der Waals surface area (Å²) >= 11 is 0. The number of hydrogen-bond donors (Lipinski definition) is 1. The van der Waals surface area contributed by atoms with E-state index in [0.717, 1.165) is 10.9 Å². The highest BCUT2D eigenvalue weighted by Crippen LogP contribution is 2.31. The van der Waals surface area contributed by atoms with Crippen LogP contribution in [0.25, 0.3) is 0 Å². The Morgan fingerprint density at radius 1 is 1.62 bits per heavy atom. The van der Waals surface area contributed by atoms with Gasteiger partial charge >= 0.3 is 12.1 Å². The van der Waals surface area contributed by atoms with Crippen LogP contribution in [0.1, 0.15) is 30.6 Å². The minimum absolute atomic E-state index is 0.0767. The van der Waals surface area contributed by atoms with Gasteiger partial charge in [0.25, 0.3) is 0 Å².